The first-order chi connectivity index (χ1) is 14.0. The highest BCUT2D eigenvalue weighted by Crippen LogP contribution is 2.41. The van der Waals surface area contributed by atoms with E-state index in [1.165, 1.54) is 16.8 Å². The van der Waals surface area contributed by atoms with Gasteiger partial charge < -0.3 is 15.4 Å². The van der Waals surface area contributed by atoms with Crippen LogP contribution in [0.25, 0.3) is 16.7 Å². The van der Waals surface area contributed by atoms with Crippen LogP contribution < -0.4 is 16.2 Å². The number of nitrogens with one attached hydrogen (secondary N) is 1. The molecule has 2 unspecified atom stereocenters. The fourth-order valence-electron chi connectivity index (χ4n) is 4.50. The van der Waals surface area contributed by atoms with Crippen molar-refractivity contribution in [3.63, 3.8) is 0 Å². The molecular formula is C20H23FN6O2. The van der Waals surface area contributed by atoms with Gasteiger partial charge in [-0.05, 0) is 44.0 Å². The molecule has 0 bridgehead atoms. The lowest BCUT2D eigenvalue weighted by Crippen LogP contribution is -2.51. The Morgan fingerprint density at radius 2 is 2.00 bits per heavy atom. The van der Waals surface area contributed by atoms with E-state index in [2.05, 4.69) is 20.0 Å². The second kappa shape index (κ2) is 6.64. The average Bonchev–Trinajstić information content (AvgIpc) is 3.27. The molecule has 29 heavy (non-hydrogen) atoms. The van der Waals surface area contributed by atoms with Gasteiger partial charge in [-0.15, -0.1) is 0 Å². The molecule has 2 saturated heterocycles. The van der Waals surface area contributed by atoms with Crippen LogP contribution in [0.5, 0.6) is 0 Å². The largest absolute Gasteiger partial charge is 0.376 e. The van der Waals surface area contributed by atoms with Crippen LogP contribution in [0.3, 0.4) is 0 Å². The first kappa shape index (κ1) is 18.3. The molecule has 8 nitrogen and oxygen atoms in total. The Kier molecular flexibility index (Phi) is 4.18. The normalized spacial score (nSPS) is 23.9. The molecule has 5 rings (SSSR count). The maximum absolute atomic E-state index is 13.2. The number of hydrogen-bond donors (Lipinski definition) is 2. The van der Waals surface area contributed by atoms with E-state index in [1.807, 2.05) is 6.92 Å². The third-order valence-electron chi connectivity index (χ3n) is 6.39. The van der Waals surface area contributed by atoms with E-state index in [-0.39, 0.29) is 28.9 Å². The highest BCUT2D eigenvalue weighted by atomic mass is 19.1. The third kappa shape index (κ3) is 2.92. The standard InChI is InChI=1S/C20H23FN6O2/c1-12-17(22)20(11-29-12)6-8-26(9-7-20)19-24-15-10-23-27(16(15)18(28)25-19)14-4-2-13(21)3-5-14/h2-5,10,12,17H,6-9,11,22H2,1H3,(H,24,25,28). The zero-order valence-corrected chi connectivity index (χ0v) is 16.1. The summed E-state index contributed by atoms with van der Waals surface area (Å²) in [5, 5.41) is 4.28. The molecule has 0 amide bonds. The Labute approximate surface area is 166 Å². The molecule has 9 heteroatoms. The van der Waals surface area contributed by atoms with Crippen LogP contribution in [0.1, 0.15) is 19.8 Å². The van der Waals surface area contributed by atoms with Gasteiger partial charge in [0.2, 0.25) is 5.95 Å². The lowest BCUT2D eigenvalue weighted by atomic mass is 9.73. The summed E-state index contributed by atoms with van der Waals surface area (Å²) < 4.78 is 20.5. The van der Waals surface area contributed by atoms with Crippen molar-refractivity contribution in [2.75, 3.05) is 24.6 Å². The number of hydrogen-bond acceptors (Lipinski definition) is 6. The van der Waals surface area contributed by atoms with Crippen LogP contribution >= 0.6 is 0 Å². The molecule has 3 aromatic rings. The van der Waals surface area contributed by atoms with E-state index in [1.54, 1.807) is 18.3 Å². The quantitative estimate of drug-likeness (QED) is 0.680. The van der Waals surface area contributed by atoms with Crippen LogP contribution in [0.15, 0.2) is 35.3 Å². The number of fused-ring (bicyclic) bond motifs is 1. The number of aromatic nitrogens is 4. The van der Waals surface area contributed by atoms with Crippen LogP contribution in [-0.2, 0) is 4.74 Å². The average molecular weight is 398 g/mol. The highest BCUT2D eigenvalue weighted by Gasteiger charge is 2.47. The summed E-state index contributed by atoms with van der Waals surface area (Å²) in [5.41, 5.74) is 7.56. The maximum atomic E-state index is 13.2. The smallest absolute Gasteiger partial charge is 0.278 e. The second-order valence-corrected chi connectivity index (χ2v) is 8.05. The van der Waals surface area contributed by atoms with Crippen molar-refractivity contribution in [3.05, 3.63) is 46.6 Å². The fourth-order valence-corrected chi connectivity index (χ4v) is 4.50. The zero-order chi connectivity index (χ0) is 20.2. The van der Waals surface area contributed by atoms with E-state index >= 15 is 0 Å². The van der Waals surface area contributed by atoms with E-state index in [4.69, 9.17) is 10.5 Å². The number of aromatic amines is 1. The van der Waals surface area contributed by atoms with E-state index in [9.17, 15) is 9.18 Å². The minimum atomic E-state index is -0.343. The van der Waals surface area contributed by atoms with Crippen molar-refractivity contribution in [1.29, 1.82) is 0 Å². The Morgan fingerprint density at radius 3 is 2.66 bits per heavy atom. The number of piperidine rings is 1. The van der Waals surface area contributed by atoms with Gasteiger partial charge in [0.05, 0.1) is 24.6 Å². The topological polar surface area (TPSA) is 102 Å². The summed E-state index contributed by atoms with van der Waals surface area (Å²) >= 11 is 0. The number of rotatable bonds is 2. The molecule has 1 spiro atoms. The first-order valence-electron chi connectivity index (χ1n) is 9.83. The lowest BCUT2D eigenvalue weighted by Gasteiger charge is -2.41. The summed E-state index contributed by atoms with van der Waals surface area (Å²) in [4.78, 5) is 22.4. The SMILES string of the molecule is CC1OCC2(CCN(c3nc4cnn(-c5ccc(F)cc5)c4c(=O)[nH]3)CC2)C1N. The van der Waals surface area contributed by atoms with Crippen molar-refractivity contribution < 1.29 is 9.13 Å². The van der Waals surface area contributed by atoms with Gasteiger partial charge in [-0.1, -0.05) is 0 Å². The molecule has 4 heterocycles. The van der Waals surface area contributed by atoms with Crippen LogP contribution in [0.4, 0.5) is 10.3 Å². The van der Waals surface area contributed by atoms with Gasteiger partial charge >= 0.3 is 0 Å². The predicted molar refractivity (Wildman–Crippen MR) is 107 cm³/mol. The van der Waals surface area contributed by atoms with Gasteiger partial charge in [0.1, 0.15) is 11.3 Å². The number of halogens is 1. The Morgan fingerprint density at radius 1 is 1.28 bits per heavy atom. The molecule has 1 aromatic carbocycles. The van der Waals surface area contributed by atoms with E-state index in [0.29, 0.717) is 29.3 Å². The molecule has 2 aliphatic rings. The predicted octanol–water partition coefficient (Wildman–Crippen LogP) is 1.58. The van der Waals surface area contributed by atoms with Gasteiger partial charge in [0.25, 0.3) is 5.56 Å². The molecule has 152 valence electrons. The van der Waals surface area contributed by atoms with Crippen molar-refractivity contribution in [1.82, 2.24) is 19.7 Å². The van der Waals surface area contributed by atoms with Crippen molar-refractivity contribution in [2.45, 2.75) is 31.9 Å². The number of benzene rings is 1. The fraction of sp³-hybridized carbons (Fsp3) is 0.450. The molecule has 3 N–H and O–H groups in total. The molecule has 2 atom stereocenters. The Hall–Kier alpha value is -2.78. The van der Waals surface area contributed by atoms with Gasteiger partial charge in [0.15, 0.2) is 5.52 Å². The van der Waals surface area contributed by atoms with Gasteiger partial charge in [-0.25, -0.2) is 14.1 Å². The van der Waals surface area contributed by atoms with Crippen molar-refractivity contribution in [3.8, 4) is 5.69 Å². The number of nitrogens with zero attached hydrogens (tertiary/aromatic N) is 4. The summed E-state index contributed by atoms with van der Waals surface area (Å²) in [7, 11) is 0. The molecular weight excluding hydrogens is 375 g/mol. The molecule has 2 aliphatic heterocycles. The summed E-state index contributed by atoms with van der Waals surface area (Å²) in [6.07, 6.45) is 3.43. The first-order valence-corrected chi connectivity index (χ1v) is 9.83. The van der Waals surface area contributed by atoms with Gasteiger partial charge in [-0.2, -0.15) is 5.10 Å². The summed E-state index contributed by atoms with van der Waals surface area (Å²) in [6.45, 7) is 4.22. The molecule has 0 aliphatic carbocycles. The number of ether oxygens (including phenoxy) is 1. The number of anilines is 1. The minimum Gasteiger partial charge on any atom is -0.376 e. The highest BCUT2D eigenvalue weighted by molar-refractivity contribution is 5.76. The molecule has 0 saturated carbocycles. The zero-order valence-electron chi connectivity index (χ0n) is 16.1. The van der Waals surface area contributed by atoms with E-state index in [0.717, 1.165) is 25.9 Å². The lowest BCUT2D eigenvalue weighted by molar-refractivity contribution is 0.0973. The minimum absolute atomic E-state index is 0.00772. The number of H-pyrrole nitrogens is 1. The second-order valence-electron chi connectivity index (χ2n) is 8.05. The van der Waals surface area contributed by atoms with Crippen LogP contribution in [-0.4, -0.2) is 51.6 Å². The van der Waals surface area contributed by atoms with Crippen molar-refractivity contribution >= 4 is 17.0 Å². The van der Waals surface area contributed by atoms with E-state index < -0.39 is 0 Å². The van der Waals surface area contributed by atoms with Gasteiger partial charge in [0, 0.05) is 24.5 Å². The molecule has 0 radical (unpaired) electrons. The summed E-state index contributed by atoms with van der Waals surface area (Å²) in [5.74, 6) is 0.195. The Bertz CT molecular complexity index is 1100. The number of nitrogens with two attached hydrogens (primary N) is 1. The maximum Gasteiger partial charge on any atom is 0.278 e. The molecule has 2 aromatic heterocycles. The third-order valence-corrected chi connectivity index (χ3v) is 6.39. The Balaban J connectivity index is 1.43. The van der Waals surface area contributed by atoms with Crippen LogP contribution in [0.2, 0.25) is 0 Å². The van der Waals surface area contributed by atoms with Gasteiger partial charge in [-0.3, -0.25) is 9.78 Å². The summed E-state index contributed by atoms with van der Waals surface area (Å²) in [6, 6.07) is 5.86. The molecule has 2 fully saturated rings. The van der Waals surface area contributed by atoms with Crippen molar-refractivity contribution in [2.24, 2.45) is 11.1 Å². The monoisotopic (exact) mass is 398 g/mol. The van der Waals surface area contributed by atoms with Crippen LogP contribution in [0, 0.1) is 11.2 Å².